The fourth-order valence-electron chi connectivity index (χ4n) is 1.58. The Morgan fingerprint density at radius 3 is 2.71 bits per heavy atom. The lowest BCUT2D eigenvalue weighted by Crippen LogP contribution is -2.30. The highest BCUT2D eigenvalue weighted by molar-refractivity contribution is 5.41. The van der Waals surface area contributed by atoms with Gasteiger partial charge in [0.2, 0.25) is 0 Å². The van der Waals surface area contributed by atoms with Crippen LogP contribution in [0.15, 0.2) is 24.5 Å². The number of aromatic nitrogens is 2. The quantitative estimate of drug-likeness (QED) is 0.827. The molecule has 0 atom stereocenters. The molecule has 4 nitrogen and oxygen atoms in total. The van der Waals surface area contributed by atoms with Crippen molar-refractivity contribution in [1.82, 2.24) is 19.8 Å². The van der Waals surface area contributed by atoms with Crippen LogP contribution in [0, 0.1) is 6.92 Å². The Morgan fingerprint density at radius 2 is 2.06 bits per heavy atom. The number of fused-ring (bicyclic) bond motifs is 1. The molecule has 4 heteroatoms. The van der Waals surface area contributed by atoms with E-state index in [1.54, 1.807) is 0 Å². The smallest absolute Gasteiger partial charge is 0.136 e. The second-order valence-electron chi connectivity index (χ2n) is 3.76. The fourth-order valence-corrected chi connectivity index (χ4v) is 1.58. The molecule has 1 N–H and O–H groups in total. The SMILES string of the molecule is CC.CNN(C)Cc1cnc2ccc(C)cn12. The van der Waals surface area contributed by atoms with Crippen LogP contribution < -0.4 is 5.43 Å². The summed E-state index contributed by atoms with van der Waals surface area (Å²) in [6.45, 7) is 6.92. The molecule has 0 spiro atoms. The fraction of sp³-hybridized carbons (Fsp3) is 0.462. The number of imidazole rings is 1. The van der Waals surface area contributed by atoms with Gasteiger partial charge in [-0.3, -0.25) is 5.43 Å². The van der Waals surface area contributed by atoms with Crippen LogP contribution in [0.5, 0.6) is 0 Å². The van der Waals surface area contributed by atoms with Crippen molar-refractivity contribution in [3.8, 4) is 0 Å². The second-order valence-corrected chi connectivity index (χ2v) is 3.76. The van der Waals surface area contributed by atoms with Crippen LogP contribution in [0.3, 0.4) is 0 Å². The Kier molecular flexibility index (Phi) is 5.12. The summed E-state index contributed by atoms with van der Waals surface area (Å²) in [4.78, 5) is 4.36. The maximum Gasteiger partial charge on any atom is 0.136 e. The third kappa shape index (κ3) is 3.28. The Bertz CT molecular complexity index is 461. The summed E-state index contributed by atoms with van der Waals surface area (Å²) in [5.41, 5.74) is 6.50. The predicted molar refractivity (Wildman–Crippen MR) is 71.8 cm³/mol. The summed E-state index contributed by atoms with van der Waals surface area (Å²) < 4.78 is 2.13. The minimum Gasteiger partial charge on any atom is -0.302 e. The van der Waals surface area contributed by atoms with E-state index in [-0.39, 0.29) is 0 Å². The van der Waals surface area contributed by atoms with Gasteiger partial charge in [-0.15, -0.1) is 0 Å². The molecule has 0 fully saturated rings. The molecule has 2 aromatic heterocycles. The minimum atomic E-state index is 0.834. The second kappa shape index (κ2) is 6.37. The zero-order valence-corrected chi connectivity index (χ0v) is 11.4. The van der Waals surface area contributed by atoms with Crippen LogP contribution in [-0.2, 0) is 6.54 Å². The van der Waals surface area contributed by atoms with Gasteiger partial charge in [0.1, 0.15) is 5.65 Å². The van der Waals surface area contributed by atoms with Gasteiger partial charge in [-0.25, -0.2) is 9.99 Å². The van der Waals surface area contributed by atoms with Crippen LogP contribution in [0.1, 0.15) is 25.1 Å². The first-order valence-electron chi connectivity index (χ1n) is 6.02. The number of rotatable bonds is 3. The van der Waals surface area contributed by atoms with Crippen molar-refractivity contribution in [2.75, 3.05) is 14.1 Å². The van der Waals surface area contributed by atoms with Crippen LogP contribution in [-0.4, -0.2) is 28.5 Å². The van der Waals surface area contributed by atoms with E-state index in [2.05, 4.69) is 34.0 Å². The molecule has 0 aliphatic heterocycles. The highest BCUT2D eigenvalue weighted by Crippen LogP contribution is 2.09. The average Bonchev–Trinajstić information content (AvgIpc) is 2.74. The van der Waals surface area contributed by atoms with Gasteiger partial charge in [0.25, 0.3) is 0 Å². The molecule has 94 valence electrons. The zero-order valence-electron chi connectivity index (χ0n) is 11.4. The number of pyridine rings is 1. The average molecular weight is 234 g/mol. The summed E-state index contributed by atoms with van der Waals surface area (Å²) in [5, 5.41) is 2.02. The lowest BCUT2D eigenvalue weighted by molar-refractivity contribution is 0.248. The van der Waals surface area contributed by atoms with E-state index in [1.165, 1.54) is 11.3 Å². The lowest BCUT2D eigenvalue weighted by Gasteiger charge is -2.14. The molecule has 0 bridgehead atoms. The van der Waals surface area contributed by atoms with Crippen LogP contribution in [0.25, 0.3) is 5.65 Å². The van der Waals surface area contributed by atoms with E-state index < -0.39 is 0 Å². The standard InChI is InChI=1S/C11H16N4.C2H6/c1-9-4-5-11-13-6-10(15(11)7-9)8-14(3)12-2;1-2/h4-7,12H,8H2,1-3H3;1-2H3. The molecule has 2 rings (SSSR count). The van der Waals surface area contributed by atoms with E-state index in [0.717, 1.165) is 12.2 Å². The molecule has 0 saturated carbocycles. The number of hydrogen-bond donors (Lipinski definition) is 1. The van der Waals surface area contributed by atoms with Crippen LogP contribution in [0.2, 0.25) is 0 Å². The predicted octanol–water partition coefficient (Wildman–Crippen LogP) is 2.24. The number of nitrogens with one attached hydrogen (secondary N) is 1. The molecule has 0 amide bonds. The van der Waals surface area contributed by atoms with Crippen LogP contribution >= 0.6 is 0 Å². The summed E-state index contributed by atoms with van der Waals surface area (Å²) in [6, 6.07) is 4.12. The Labute approximate surface area is 103 Å². The van der Waals surface area contributed by atoms with Crippen molar-refractivity contribution in [2.24, 2.45) is 0 Å². The first-order valence-corrected chi connectivity index (χ1v) is 6.02. The molecular weight excluding hydrogens is 212 g/mol. The molecule has 2 heterocycles. The van der Waals surface area contributed by atoms with Gasteiger partial charge in [0.15, 0.2) is 0 Å². The molecule has 0 aliphatic carbocycles. The molecule has 0 aromatic carbocycles. The van der Waals surface area contributed by atoms with Gasteiger partial charge < -0.3 is 4.40 Å². The van der Waals surface area contributed by atoms with E-state index in [1.807, 2.05) is 45.2 Å². The maximum absolute atomic E-state index is 4.36. The third-order valence-electron chi connectivity index (χ3n) is 2.51. The number of aryl methyl sites for hydroxylation is 1. The Morgan fingerprint density at radius 1 is 1.35 bits per heavy atom. The van der Waals surface area contributed by atoms with Crippen molar-refractivity contribution in [3.63, 3.8) is 0 Å². The largest absolute Gasteiger partial charge is 0.302 e. The number of hydrogen-bond acceptors (Lipinski definition) is 3. The molecule has 2 aromatic rings. The van der Waals surface area contributed by atoms with Crippen molar-refractivity contribution in [3.05, 3.63) is 35.8 Å². The number of nitrogens with zero attached hydrogens (tertiary/aromatic N) is 3. The highest BCUT2D eigenvalue weighted by atomic mass is 15.5. The molecular formula is C13H22N4. The molecule has 17 heavy (non-hydrogen) atoms. The van der Waals surface area contributed by atoms with Crippen molar-refractivity contribution < 1.29 is 0 Å². The van der Waals surface area contributed by atoms with E-state index in [4.69, 9.17) is 0 Å². The first kappa shape index (κ1) is 13.7. The summed E-state index contributed by atoms with van der Waals surface area (Å²) in [6.07, 6.45) is 4.03. The summed E-state index contributed by atoms with van der Waals surface area (Å²) >= 11 is 0. The van der Waals surface area contributed by atoms with E-state index >= 15 is 0 Å². The van der Waals surface area contributed by atoms with Crippen LogP contribution in [0.4, 0.5) is 0 Å². The van der Waals surface area contributed by atoms with Crippen molar-refractivity contribution in [2.45, 2.75) is 27.3 Å². The summed E-state index contributed by atoms with van der Waals surface area (Å²) in [5.74, 6) is 0. The van der Waals surface area contributed by atoms with Gasteiger partial charge in [0.05, 0.1) is 18.4 Å². The van der Waals surface area contributed by atoms with E-state index in [9.17, 15) is 0 Å². The van der Waals surface area contributed by atoms with Gasteiger partial charge in [-0.1, -0.05) is 19.9 Å². The van der Waals surface area contributed by atoms with Crippen molar-refractivity contribution >= 4 is 5.65 Å². The Hall–Kier alpha value is -1.39. The Balaban J connectivity index is 0.000000686. The summed E-state index contributed by atoms with van der Waals surface area (Å²) in [7, 11) is 3.92. The van der Waals surface area contributed by atoms with Gasteiger partial charge in [-0.2, -0.15) is 0 Å². The normalized spacial score (nSPS) is 10.5. The monoisotopic (exact) mass is 234 g/mol. The highest BCUT2D eigenvalue weighted by Gasteiger charge is 2.04. The zero-order chi connectivity index (χ0) is 12.8. The number of hydrazine groups is 1. The van der Waals surface area contributed by atoms with Crippen molar-refractivity contribution in [1.29, 1.82) is 0 Å². The van der Waals surface area contributed by atoms with Gasteiger partial charge in [0, 0.05) is 13.2 Å². The van der Waals surface area contributed by atoms with Gasteiger partial charge in [-0.05, 0) is 25.6 Å². The molecule has 0 aliphatic rings. The maximum atomic E-state index is 4.36. The third-order valence-corrected chi connectivity index (χ3v) is 2.51. The molecule has 0 unspecified atom stereocenters. The molecule has 0 radical (unpaired) electrons. The van der Waals surface area contributed by atoms with E-state index in [0.29, 0.717) is 0 Å². The first-order chi connectivity index (χ1) is 8.20. The molecule has 0 saturated heterocycles. The lowest BCUT2D eigenvalue weighted by atomic mass is 10.3. The topological polar surface area (TPSA) is 32.6 Å². The van der Waals surface area contributed by atoms with Gasteiger partial charge >= 0.3 is 0 Å². The minimum absolute atomic E-state index is 0.834.